The average Bonchev–Trinajstić information content (AvgIpc) is 2.88. The lowest BCUT2D eigenvalue weighted by molar-refractivity contribution is 0.292. The van der Waals surface area contributed by atoms with Crippen LogP contribution in [0.4, 0.5) is 0 Å². The van der Waals surface area contributed by atoms with E-state index < -0.39 is 0 Å². The van der Waals surface area contributed by atoms with Crippen LogP contribution >= 0.6 is 12.2 Å². The number of nitrogens with zero attached hydrogens (tertiary/aromatic N) is 2. The first-order valence-corrected chi connectivity index (χ1v) is 7.13. The van der Waals surface area contributed by atoms with Crippen molar-refractivity contribution in [3.8, 4) is 5.75 Å². The molecule has 2 aromatic rings. The van der Waals surface area contributed by atoms with Crippen LogP contribution in [-0.4, -0.2) is 14.8 Å². The Hall–Kier alpha value is -1.88. The van der Waals surface area contributed by atoms with Gasteiger partial charge in [0.15, 0.2) is 0 Å². The van der Waals surface area contributed by atoms with Gasteiger partial charge in [0.1, 0.15) is 17.3 Å². The Bertz CT molecular complexity index is 607. The molecule has 0 saturated heterocycles. The van der Waals surface area contributed by atoms with E-state index in [9.17, 15) is 0 Å². The van der Waals surface area contributed by atoms with Gasteiger partial charge in [0, 0.05) is 12.1 Å². The van der Waals surface area contributed by atoms with Crippen LogP contribution in [0.3, 0.4) is 0 Å². The summed E-state index contributed by atoms with van der Waals surface area (Å²) < 4.78 is 7.78. The number of aryl methyl sites for hydroxylation is 2. The predicted octanol–water partition coefficient (Wildman–Crippen LogP) is 2.68. The highest BCUT2D eigenvalue weighted by molar-refractivity contribution is 7.80. The molecule has 20 heavy (non-hydrogen) atoms. The number of nitrogens with two attached hydrogens (primary N) is 1. The summed E-state index contributed by atoms with van der Waals surface area (Å²) >= 11 is 4.97. The summed E-state index contributed by atoms with van der Waals surface area (Å²) in [6.07, 6.45) is 0.928. The molecular formula is C15H19N3OS. The van der Waals surface area contributed by atoms with E-state index in [2.05, 4.69) is 25.0 Å². The number of thiocarbonyl (C=S) groups is 1. The van der Waals surface area contributed by atoms with Crippen LogP contribution in [0.5, 0.6) is 5.75 Å². The van der Waals surface area contributed by atoms with Crippen LogP contribution in [0.15, 0.2) is 30.3 Å². The molecule has 0 fully saturated rings. The third-order valence-corrected chi connectivity index (χ3v) is 3.32. The van der Waals surface area contributed by atoms with Gasteiger partial charge in [0.05, 0.1) is 11.4 Å². The molecule has 0 aliphatic heterocycles. The minimum Gasteiger partial charge on any atom is -0.487 e. The smallest absolute Gasteiger partial charge is 0.130 e. The maximum atomic E-state index is 5.81. The Morgan fingerprint density at radius 3 is 2.80 bits per heavy atom. The number of hydrogen-bond acceptors (Lipinski definition) is 3. The van der Waals surface area contributed by atoms with E-state index in [-0.39, 0.29) is 0 Å². The second-order valence-electron chi connectivity index (χ2n) is 4.48. The molecule has 1 heterocycles. The Balaban J connectivity index is 2.10. The average molecular weight is 289 g/mol. The van der Waals surface area contributed by atoms with Gasteiger partial charge in [-0.25, -0.2) is 0 Å². The highest BCUT2D eigenvalue weighted by atomic mass is 32.1. The fourth-order valence-corrected chi connectivity index (χ4v) is 2.10. The van der Waals surface area contributed by atoms with E-state index in [4.69, 9.17) is 22.7 Å². The summed E-state index contributed by atoms with van der Waals surface area (Å²) in [5.74, 6) is 0.761. The van der Waals surface area contributed by atoms with E-state index in [0.29, 0.717) is 11.6 Å². The molecule has 1 aromatic carbocycles. The summed E-state index contributed by atoms with van der Waals surface area (Å²) in [5, 5.41) is 4.50. The quantitative estimate of drug-likeness (QED) is 0.831. The van der Waals surface area contributed by atoms with E-state index in [1.807, 2.05) is 28.9 Å². The zero-order valence-corrected chi connectivity index (χ0v) is 12.6. The Kier molecular flexibility index (Phi) is 4.74. The lowest BCUT2D eigenvalue weighted by atomic mass is 10.2. The van der Waals surface area contributed by atoms with Crippen LogP contribution in [-0.2, 0) is 19.6 Å². The molecule has 0 aliphatic carbocycles. The largest absolute Gasteiger partial charge is 0.487 e. The van der Waals surface area contributed by atoms with Crippen molar-refractivity contribution in [3.05, 3.63) is 47.3 Å². The van der Waals surface area contributed by atoms with Crippen molar-refractivity contribution in [2.75, 3.05) is 0 Å². The molecular weight excluding hydrogens is 270 g/mol. The molecule has 0 saturated carbocycles. The highest BCUT2D eigenvalue weighted by Crippen LogP contribution is 2.16. The maximum Gasteiger partial charge on any atom is 0.130 e. The van der Waals surface area contributed by atoms with Crippen molar-refractivity contribution in [1.82, 2.24) is 9.78 Å². The molecule has 106 valence electrons. The highest BCUT2D eigenvalue weighted by Gasteiger charge is 2.07. The Morgan fingerprint density at radius 2 is 2.15 bits per heavy atom. The van der Waals surface area contributed by atoms with Gasteiger partial charge in [-0.3, -0.25) is 4.68 Å². The number of rotatable bonds is 6. The summed E-state index contributed by atoms with van der Waals surface area (Å²) in [6.45, 7) is 5.50. The van der Waals surface area contributed by atoms with E-state index in [0.717, 1.165) is 35.7 Å². The standard InChI is InChI=1S/C15H19N3OS/c1-3-12-9-13(18(4-2)17-12)10-19-14-7-5-6-11(8-14)15(16)20/h5-9H,3-4,10H2,1-2H3,(H2,16,20). The van der Waals surface area contributed by atoms with Crippen molar-refractivity contribution >= 4 is 17.2 Å². The zero-order chi connectivity index (χ0) is 14.5. The fourth-order valence-electron chi connectivity index (χ4n) is 1.97. The second kappa shape index (κ2) is 6.52. The zero-order valence-electron chi connectivity index (χ0n) is 11.8. The number of benzene rings is 1. The molecule has 0 bridgehead atoms. The molecule has 5 heteroatoms. The van der Waals surface area contributed by atoms with E-state index in [1.54, 1.807) is 0 Å². The lowest BCUT2D eigenvalue weighted by Gasteiger charge is -2.08. The normalized spacial score (nSPS) is 10.5. The van der Waals surface area contributed by atoms with E-state index in [1.165, 1.54) is 0 Å². The monoisotopic (exact) mass is 289 g/mol. The summed E-state index contributed by atoms with van der Waals surface area (Å²) in [6, 6.07) is 9.60. The third kappa shape index (κ3) is 3.36. The van der Waals surface area contributed by atoms with Crippen molar-refractivity contribution in [3.63, 3.8) is 0 Å². The van der Waals surface area contributed by atoms with Gasteiger partial charge >= 0.3 is 0 Å². The van der Waals surface area contributed by atoms with Gasteiger partial charge in [-0.15, -0.1) is 0 Å². The minimum atomic E-state index is 0.377. The first kappa shape index (κ1) is 14.5. The molecule has 0 radical (unpaired) electrons. The summed E-state index contributed by atoms with van der Waals surface area (Å²) in [5.41, 5.74) is 8.59. The molecule has 1 aromatic heterocycles. The fraction of sp³-hybridized carbons (Fsp3) is 0.333. The van der Waals surface area contributed by atoms with Crippen LogP contribution in [0, 0.1) is 0 Å². The van der Waals surface area contributed by atoms with Gasteiger partial charge in [-0.05, 0) is 31.5 Å². The Labute approximate surface area is 124 Å². The van der Waals surface area contributed by atoms with Crippen LogP contribution in [0.25, 0.3) is 0 Å². The molecule has 4 nitrogen and oxygen atoms in total. The predicted molar refractivity (Wildman–Crippen MR) is 83.9 cm³/mol. The van der Waals surface area contributed by atoms with Gasteiger partial charge in [-0.2, -0.15) is 5.10 Å². The number of aromatic nitrogens is 2. The molecule has 0 spiro atoms. The number of ether oxygens (including phenoxy) is 1. The van der Waals surface area contributed by atoms with Gasteiger partial charge in [-0.1, -0.05) is 31.3 Å². The van der Waals surface area contributed by atoms with Crippen molar-refractivity contribution < 1.29 is 4.74 Å². The topological polar surface area (TPSA) is 53.1 Å². The minimum absolute atomic E-state index is 0.377. The molecule has 2 N–H and O–H groups in total. The Morgan fingerprint density at radius 1 is 1.35 bits per heavy atom. The van der Waals surface area contributed by atoms with Gasteiger partial charge < -0.3 is 10.5 Å². The van der Waals surface area contributed by atoms with Gasteiger partial charge in [0.2, 0.25) is 0 Å². The lowest BCUT2D eigenvalue weighted by Crippen LogP contribution is -2.10. The molecule has 2 rings (SSSR count). The molecule has 0 unspecified atom stereocenters. The second-order valence-corrected chi connectivity index (χ2v) is 4.92. The van der Waals surface area contributed by atoms with Crippen molar-refractivity contribution in [1.29, 1.82) is 0 Å². The first-order chi connectivity index (χ1) is 9.63. The third-order valence-electron chi connectivity index (χ3n) is 3.08. The SMILES string of the molecule is CCc1cc(COc2cccc(C(N)=S)c2)n(CC)n1. The molecule has 0 atom stereocenters. The van der Waals surface area contributed by atoms with Crippen LogP contribution < -0.4 is 10.5 Å². The van der Waals surface area contributed by atoms with Crippen LogP contribution in [0.2, 0.25) is 0 Å². The first-order valence-electron chi connectivity index (χ1n) is 6.72. The molecule has 0 amide bonds. The van der Waals surface area contributed by atoms with Crippen molar-refractivity contribution in [2.45, 2.75) is 33.4 Å². The van der Waals surface area contributed by atoms with Crippen LogP contribution in [0.1, 0.15) is 30.8 Å². The van der Waals surface area contributed by atoms with E-state index >= 15 is 0 Å². The summed E-state index contributed by atoms with van der Waals surface area (Å²) in [4.78, 5) is 0.377. The molecule has 0 aliphatic rings. The van der Waals surface area contributed by atoms with Gasteiger partial charge in [0.25, 0.3) is 0 Å². The summed E-state index contributed by atoms with van der Waals surface area (Å²) in [7, 11) is 0. The maximum absolute atomic E-state index is 5.81. The van der Waals surface area contributed by atoms with Crippen molar-refractivity contribution in [2.24, 2.45) is 5.73 Å². The number of hydrogen-bond donors (Lipinski definition) is 1.